The average Bonchev–Trinajstić information content (AvgIpc) is 3.01. The highest BCUT2D eigenvalue weighted by Crippen LogP contribution is 2.40. The first-order valence-corrected chi connectivity index (χ1v) is 9.75. The topological polar surface area (TPSA) is 83.4 Å². The van der Waals surface area contributed by atoms with Crippen LogP contribution in [0.3, 0.4) is 0 Å². The zero-order valence-electron chi connectivity index (χ0n) is 15.8. The van der Waals surface area contributed by atoms with E-state index in [1.807, 2.05) is 61.5 Å². The van der Waals surface area contributed by atoms with Crippen molar-refractivity contribution < 1.29 is 9.90 Å². The van der Waals surface area contributed by atoms with E-state index in [4.69, 9.17) is 0 Å². The van der Waals surface area contributed by atoms with Crippen molar-refractivity contribution in [2.75, 3.05) is 13.2 Å². The lowest BCUT2D eigenvalue weighted by atomic mass is 9.86. The number of hydrogen-bond donors (Lipinski definition) is 3. The van der Waals surface area contributed by atoms with Crippen molar-refractivity contribution in [1.29, 1.82) is 0 Å². The van der Waals surface area contributed by atoms with Crippen LogP contribution < -0.4 is 16.2 Å². The van der Waals surface area contributed by atoms with Gasteiger partial charge < -0.3 is 20.3 Å². The molecule has 6 nitrogen and oxygen atoms in total. The van der Waals surface area contributed by atoms with Crippen molar-refractivity contribution >= 4 is 18.1 Å². The Hall–Kier alpha value is -2.70. The maximum atomic E-state index is 13.1. The number of amides is 1. The maximum absolute atomic E-state index is 13.1. The number of fused-ring (bicyclic) bond motifs is 4. The van der Waals surface area contributed by atoms with Crippen LogP contribution >= 0.6 is 0 Å². The van der Waals surface area contributed by atoms with Gasteiger partial charge in [0.05, 0.1) is 12.0 Å². The van der Waals surface area contributed by atoms with Crippen LogP contribution in [0, 0.1) is 11.8 Å². The Kier molecular flexibility index (Phi) is 5.15. The van der Waals surface area contributed by atoms with E-state index in [0.717, 1.165) is 11.3 Å². The molecule has 146 valence electrons. The first kappa shape index (κ1) is 18.7. The fourth-order valence-electron chi connectivity index (χ4n) is 4.43. The molecule has 4 atom stereocenters. The van der Waals surface area contributed by atoms with Crippen LogP contribution in [0.1, 0.15) is 29.8 Å². The fraction of sp³-hybridized carbons (Fsp3) is 0.364. The molecule has 0 spiro atoms. The van der Waals surface area contributed by atoms with Gasteiger partial charge in [-0.05, 0) is 30.7 Å². The van der Waals surface area contributed by atoms with Crippen molar-refractivity contribution in [3.8, 4) is 0 Å². The molecule has 2 aromatic rings. The number of benzene rings is 1. The van der Waals surface area contributed by atoms with Crippen molar-refractivity contribution in [3.63, 3.8) is 0 Å². The number of pyridine rings is 1. The van der Waals surface area contributed by atoms with E-state index in [1.165, 1.54) is 0 Å². The highest BCUT2D eigenvalue weighted by atomic mass is 16.3. The third kappa shape index (κ3) is 3.19. The van der Waals surface area contributed by atoms with Crippen LogP contribution in [0.5, 0.6) is 0 Å². The second-order valence-electron chi connectivity index (χ2n) is 7.39. The lowest BCUT2D eigenvalue weighted by Crippen LogP contribution is -2.43. The summed E-state index contributed by atoms with van der Waals surface area (Å²) in [6.45, 7) is 2.79. The minimum Gasteiger partial charge on any atom is -0.396 e. The summed E-state index contributed by atoms with van der Waals surface area (Å²) < 4.78 is 1.76. The van der Waals surface area contributed by atoms with Crippen LogP contribution in [-0.4, -0.2) is 34.8 Å². The highest BCUT2D eigenvalue weighted by molar-refractivity contribution is 5.80. The fourth-order valence-corrected chi connectivity index (χ4v) is 4.43. The smallest absolute Gasteiger partial charge is 0.258 e. The molecule has 28 heavy (non-hydrogen) atoms. The molecule has 1 aromatic heterocycles. The van der Waals surface area contributed by atoms with Crippen LogP contribution in [-0.2, 0) is 11.3 Å². The van der Waals surface area contributed by atoms with E-state index < -0.39 is 0 Å². The molecular formula is C22H25N3O3. The predicted octanol–water partition coefficient (Wildman–Crippen LogP) is 1.41. The molecule has 0 aliphatic carbocycles. The summed E-state index contributed by atoms with van der Waals surface area (Å²) in [6.07, 6.45) is 3.76. The molecule has 0 saturated carbocycles. The monoisotopic (exact) mass is 379 g/mol. The minimum atomic E-state index is -0.381. The molecule has 1 amide bonds. The van der Waals surface area contributed by atoms with Gasteiger partial charge in [-0.3, -0.25) is 9.59 Å². The van der Waals surface area contributed by atoms with Gasteiger partial charge in [-0.2, -0.15) is 0 Å². The van der Waals surface area contributed by atoms with Gasteiger partial charge in [0, 0.05) is 42.9 Å². The Bertz CT molecular complexity index is 951. The summed E-state index contributed by atoms with van der Waals surface area (Å²) in [7, 11) is 0. The molecule has 1 aromatic carbocycles. The SMILES string of the molecule is CCNC(=O)[C@H]1[C@H](CO)[C@H]2Cn3c(ccc(/C=C/c4ccccc4)c3=O)[C@@H]1N2. The Morgan fingerprint density at radius 2 is 2.04 bits per heavy atom. The molecule has 2 aliphatic rings. The normalized spacial score (nSPS) is 25.6. The third-order valence-corrected chi connectivity index (χ3v) is 5.79. The van der Waals surface area contributed by atoms with Gasteiger partial charge in [-0.15, -0.1) is 0 Å². The van der Waals surface area contributed by atoms with Crippen LogP contribution in [0.15, 0.2) is 47.3 Å². The lowest BCUT2D eigenvalue weighted by molar-refractivity contribution is -0.127. The quantitative estimate of drug-likeness (QED) is 0.734. The second-order valence-corrected chi connectivity index (χ2v) is 7.39. The molecule has 0 radical (unpaired) electrons. The molecule has 0 unspecified atom stereocenters. The number of aromatic nitrogens is 1. The van der Waals surface area contributed by atoms with E-state index in [2.05, 4.69) is 10.6 Å². The van der Waals surface area contributed by atoms with E-state index in [9.17, 15) is 14.7 Å². The largest absolute Gasteiger partial charge is 0.396 e. The molecule has 6 heteroatoms. The Morgan fingerprint density at radius 1 is 1.25 bits per heavy atom. The van der Waals surface area contributed by atoms with Gasteiger partial charge in [0.15, 0.2) is 0 Å². The zero-order valence-corrected chi connectivity index (χ0v) is 15.8. The third-order valence-electron chi connectivity index (χ3n) is 5.79. The summed E-state index contributed by atoms with van der Waals surface area (Å²) in [5, 5.41) is 16.2. The Balaban J connectivity index is 1.69. The predicted molar refractivity (Wildman–Crippen MR) is 108 cm³/mol. The molecule has 3 heterocycles. The van der Waals surface area contributed by atoms with E-state index in [-0.39, 0.29) is 42.0 Å². The summed E-state index contributed by atoms with van der Waals surface area (Å²) in [5.74, 6) is -0.663. The van der Waals surface area contributed by atoms with Gasteiger partial charge in [0.25, 0.3) is 5.56 Å². The van der Waals surface area contributed by atoms with Gasteiger partial charge in [0.2, 0.25) is 5.91 Å². The number of aliphatic hydroxyl groups excluding tert-OH is 1. The standard InChI is InChI=1S/C22H25N3O3/c1-2-23-21(27)19-16(13-26)17-12-25-18(20(19)24-17)11-10-15(22(25)28)9-8-14-6-4-3-5-7-14/h3-11,16-17,19-20,24,26H,2,12-13H2,1H3,(H,23,27)/b9-8+/t16-,17-,19+,20+/m1/s1. The lowest BCUT2D eigenvalue weighted by Gasteiger charge is -2.28. The average molecular weight is 379 g/mol. The Labute approximate surface area is 163 Å². The van der Waals surface area contributed by atoms with E-state index in [0.29, 0.717) is 18.7 Å². The van der Waals surface area contributed by atoms with Gasteiger partial charge in [0.1, 0.15) is 0 Å². The summed E-state index contributed by atoms with van der Waals surface area (Å²) in [5.41, 5.74) is 2.40. The molecule has 2 bridgehead atoms. The van der Waals surface area contributed by atoms with Crippen LogP contribution in [0.25, 0.3) is 12.2 Å². The molecule has 4 rings (SSSR count). The molecule has 3 N–H and O–H groups in total. The zero-order chi connectivity index (χ0) is 19.7. The molecule has 2 aliphatic heterocycles. The molecular weight excluding hydrogens is 354 g/mol. The highest BCUT2D eigenvalue weighted by Gasteiger charge is 2.50. The van der Waals surface area contributed by atoms with Gasteiger partial charge in [-0.25, -0.2) is 0 Å². The Morgan fingerprint density at radius 3 is 2.75 bits per heavy atom. The molecule has 1 saturated heterocycles. The number of aliphatic hydroxyl groups is 1. The number of nitrogens with zero attached hydrogens (tertiary/aromatic N) is 1. The van der Waals surface area contributed by atoms with Crippen molar-refractivity contribution in [2.24, 2.45) is 11.8 Å². The summed E-state index contributed by atoms with van der Waals surface area (Å²) >= 11 is 0. The van der Waals surface area contributed by atoms with Crippen molar-refractivity contribution in [1.82, 2.24) is 15.2 Å². The van der Waals surface area contributed by atoms with Crippen LogP contribution in [0.4, 0.5) is 0 Å². The van der Waals surface area contributed by atoms with Gasteiger partial charge >= 0.3 is 0 Å². The number of rotatable bonds is 5. The number of carbonyl (C=O) groups is 1. The number of carbonyl (C=O) groups excluding carboxylic acids is 1. The second kappa shape index (κ2) is 7.73. The first-order chi connectivity index (χ1) is 13.6. The van der Waals surface area contributed by atoms with Crippen LogP contribution in [0.2, 0.25) is 0 Å². The first-order valence-electron chi connectivity index (χ1n) is 9.75. The van der Waals surface area contributed by atoms with Crippen molar-refractivity contribution in [3.05, 3.63) is 69.6 Å². The summed E-state index contributed by atoms with van der Waals surface area (Å²) in [6, 6.07) is 13.2. The maximum Gasteiger partial charge on any atom is 0.258 e. The van der Waals surface area contributed by atoms with E-state index in [1.54, 1.807) is 4.57 Å². The van der Waals surface area contributed by atoms with Gasteiger partial charge in [-0.1, -0.05) is 36.4 Å². The minimum absolute atomic E-state index is 0.0607. The number of hydrogen-bond acceptors (Lipinski definition) is 4. The van der Waals surface area contributed by atoms with E-state index >= 15 is 0 Å². The molecule has 1 fully saturated rings. The van der Waals surface area contributed by atoms with Crippen molar-refractivity contribution in [2.45, 2.75) is 25.6 Å². The number of nitrogens with one attached hydrogen (secondary N) is 2. The summed E-state index contributed by atoms with van der Waals surface area (Å²) in [4.78, 5) is 25.7.